The molecule has 0 radical (unpaired) electrons. The van der Waals surface area contributed by atoms with Gasteiger partial charge < -0.3 is 10.4 Å². The predicted octanol–water partition coefficient (Wildman–Crippen LogP) is 3.87. The zero-order valence-corrected chi connectivity index (χ0v) is 13.0. The van der Waals surface area contributed by atoms with Crippen molar-refractivity contribution in [3.8, 4) is 0 Å². The smallest absolute Gasteiger partial charge is 0.338 e. The van der Waals surface area contributed by atoms with Crippen LogP contribution in [0.25, 0.3) is 0 Å². The number of thioether (sulfide) groups is 1. The van der Waals surface area contributed by atoms with Crippen LogP contribution in [0.1, 0.15) is 27.9 Å². The van der Waals surface area contributed by atoms with Gasteiger partial charge in [-0.05, 0) is 24.8 Å². The van der Waals surface area contributed by atoms with Gasteiger partial charge in [0.25, 0.3) is 0 Å². The SMILES string of the molecule is CCSc1cccc(NCc2scnc2C)c1C(=O)O. The van der Waals surface area contributed by atoms with E-state index < -0.39 is 5.97 Å². The third kappa shape index (κ3) is 3.32. The molecule has 0 amide bonds. The van der Waals surface area contributed by atoms with Crippen molar-refractivity contribution in [3.05, 3.63) is 39.8 Å². The first kappa shape index (κ1) is 14.9. The van der Waals surface area contributed by atoms with E-state index in [1.54, 1.807) is 34.7 Å². The molecule has 4 nitrogen and oxygen atoms in total. The highest BCUT2D eigenvalue weighted by Crippen LogP contribution is 2.29. The van der Waals surface area contributed by atoms with Crippen LogP contribution in [0.2, 0.25) is 0 Å². The Hall–Kier alpha value is -1.53. The molecule has 2 N–H and O–H groups in total. The Balaban J connectivity index is 2.24. The Labute approximate surface area is 126 Å². The van der Waals surface area contributed by atoms with Crippen molar-refractivity contribution >= 4 is 34.8 Å². The van der Waals surface area contributed by atoms with Crippen LogP contribution in [-0.4, -0.2) is 21.8 Å². The number of carbonyl (C=O) groups is 1. The maximum atomic E-state index is 11.5. The number of thiazole rings is 1. The maximum absolute atomic E-state index is 11.5. The molecule has 1 aromatic carbocycles. The molecule has 0 bridgehead atoms. The highest BCUT2D eigenvalue weighted by Gasteiger charge is 2.15. The van der Waals surface area contributed by atoms with E-state index in [9.17, 15) is 9.90 Å². The highest BCUT2D eigenvalue weighted by atomic mass is 32.2. The number of aryl methyl sites for hydroxylation is 1. The van der Waals surface area contributed by atoms with Gasteiger partial charge in [-0.2, -0.15) is 0 Å². The van der Waals surface area contributed by atoms with Gasteiger partial charge in [0.2, 0.25) is 0 Å². The van der Waals surface area contributed by atoms with E-state index in [1.807, 2.05) is 26.0 Å². The van der Waals surface area contributed by atoms with Gasteiger partial charge in [0.05, 0.1) is 29.0 Å². The average Bonchev–Trinajstić information content (AvgIpc) is 2.82. The second kappa shape index (κ2) is 6.76. The fourth-order valence-electron chi connectivity index (χ4n) is 1.85. The molecule has 2 aromatic rings. The average molecular weight is 308 g/mol. The van der Waals surface area contributed by atoms with E-state index in [1.165, 1.54) is 0 Å². The number of nitrogens with one attached hydrogen (secondary N) is 1. The summed E-state index contributed by atoms with van der Waals surface area (Å²) in [4.78, 5) is 17.6. The molecule has 0 fully saturated rings. The summed E-state index contributed by atoms with van der Waals surface area (Å²) in [5.74, 6) is -0.0532. The lowest BCUT2D eigenvalue weighted by Crippen LogP contribution is -2.07. The van der Waals surface area contributed by atoms with E-state index in [0.29, 0.717) is 17.8 Å². The molecule has 2 rings (SSSR count). The third-order valence-corrected chi connectivity index (χ3v) is 4.70. The highest BCUT2D eigenvalue weighted by molar-refractivity contribution is 7.99. The number of aromatic carboxylic acids is 1. The molecule has 20 heavy (non-hydrogen) atoms. The van der Waals surface area contributed by atoms with Crippen molar-refractivity contribution in [1.29, 1.82) is 0 Å². The zero-order chi connectivity index (χ0) is 14.5. The number of nitrogens with zero attached hydrogens (tertiary/aromatic N) is 1. The Kier molecular flexibility index (Phi) is 5.03. The number of carboxylic acid groups (broad SMARTS) is 1. The Bertz CT molecular complexity index is 611. The third-order valence-electron chi connectivity index (χ3n) is 2.82. The maximum Gasteiger partial charge on any atom is 0.338 e. The van der Waals surface area contributed by atoms with Crippen molar-refractivity contribution in [1.82, 2.24) is 4.98 Å². The fraction of sp³-hybridized carbons (Fsp3) is 0.286. The van der Waals surface area contributed by atoms with Crippen molar-refractivity contribution in [2.24, 2.45) is 0 Å². The monoisotopic (exact) mass is 308 g/mol. The van der Waals surface area contributed by atoms with E-state index in [2.05, 4.69) is 10.3 Å². The summed E-state index contributed by atoms with van der Waals surface area (Å²) in [6, 6.07) is 5.53. The molecule has 0 atom stereocenters. The number of anilines is 1. The first-order valence-corrected chi connectivity index (χ1v) is 8.12. The van der Waals surface area contributed by atoms with Crippen LogP contribution in [0.3, 0.4) is 0 Å². The van der Waals surface area contributed by atoms with Crippen LogP contribution in [-0.2, 0) is 6.54 Å². The zero-order valence-electron chi connectivity index (χ0n) is 11.3. The molecule has 6 heteroatoms. The van der Waals surface area contributed by atoms with Gasteiger partial charge in [-0.15, -0.1) is 23.1 Å². The lowest BCUT2D eigenvalue weighted by atomic mass is 10.1. The predicted molar refractivity (Wildman–Crippen MR) is 84.0 cm³/mol. The molecule has 0 aliphatic heterocycles. The molecule has 0 unspecified atom stereocenters. The molecule has 106 valence electrons. The number of benzene rings is 1. The number of aromatic nitrogens is 1. The number of carboxylic acids is 1. The lowest BCUT2D eigenvalue weighted by molar-refractivity contribution is 0.0694. The lowest BCUT2D eigenvalue weighted by Gasteiger charge is -2.12. The van der Waals surface area contributed by atoms with Gasteiger partial charge in [-0.1, -0.05) is 13.0 Å². The van der Waals surface area contributed by atoms with Crippen LogP contribution >= 0.6 is 23.1 Å². The van der Waals surface area contributed by atoms with Crippen LogP contribution < -0.4 is 5.32 Å². The molecule has 0 aliphatic rings. The molecular formula is C14H16N2O2S2. The minimum Gasteiger partial charge on any atom is -0.478 e. The van der Waals surface area contributed by atoms with E-state index in [0.717, 1.165) is 21.2 Å². The van der Waals surface area contributed by atoms with Crippen molar-refractivity contribution < 1.29 is 9.90 Å². The summed E-state index contributed by atoms with van der Waals surface area (Å²) in [6.45, 7) is 4.56. The first-order valence-electron chi connectivity index (χ1n) is 6.25. The minimum absolute atomic E-state index is 0.349. The Morgan fingerprint density at radius 1 is 1.50 bits per heavy atom. The second-order valence-corrected chi connectivity index (χ2v) is 6.38. The van der Waals surface area contributed by atoms with Crippen LogP contribution in [0, 0.1) is 6.92 Å². The molecule has 1 heterocycles. The second-order valence-electron chi connectivity index (χ2n) is 4.13. The van der Waals surface area contributed by atoms with Gasteiger partial charge in [-0.25, -0.2) is 9.78 Å². The molecule has 0 saturated heterocycles. The van der Waals surface area contributed by atoms with E-state index >= 15 is 0 Å². The van der Waals surface area contributed by atoms with Crippen LogP contribution in [0.15, 0.2) is 28.6 Å². The summed E-state index contributed by atoms with van der Waals surface area (Å²) in [5, 5.41) is 12.6. The summed E-state index contributed by atoms with van der Waals surface area (Å²) in [6.07, 6.45) is 0. The number of hydrogen-bond acceptors (Lipinski definition) is 5. The Morgan fingerprint density at radius 2 is 2.30 bits per heavy atom. The first-order chi connectivity index (χ1) is 9.63. The summed E-state index contributed by atoms with van der Waals surface area (Å²) in [7, 11) is 0. The largest absolute Gasteiger partial charge is 0.478 e. The van der Waals surface area contributed by atoms with Crippen molar-refractivity contribution in [3.63, 3.8) is 0 Å². The summed E-state index contributed by atoms with van der Waals surface area (Å²) in [5.41, 5.74) is 3.79. The topological polar surface area (TPSA) is 62.2 Å². The number of hydrogen-bond donors (Lipinski definition) is 2. The van der Waals surface area contributed by atoms with Gasteiger partial charge in [0.1, 0.15) is 0 Å². The van der Waals surface area contributed by atoms with Gasteiger partial charge in [0.15, 0.2) is 0 Å². The van der Waals surface area contributed by atoms with Gasteiger partial charge in [0, 0.05) is 9.77 Å². The fourth-order valence-corrected chi connectivity index (χ4v) is 3.39. The molecule has 0 spiro atoms. The van der Waals surface area contributed by atoms with Gasteiger partial charge >= 0.3 is 5.97 Å². The van der Waals surface area contributed by atoms with Gasteiger partial charge in [-0.3, -0.25) is 0 Å². The summed E-state index contributed by atoms with van der Waals surface area (Å²) >= 11 is 3.11. The minimum atomic E-state index is -0.898. The number of rotatable bonds is 6. The quantitative estimate of drug-likeness (QED) is 0.793. The van der Waals surface area contributed by atoms with Crippen LogP contribution in [0.4, 0.5) is 5.69 Å². The Morgan fingerprint density at radius 3 is 2.90 bits per heavy atom. The molecule has 0 saturated carbocycles. The van der Waals surface area contributed by atoms with E-state index in [4.69, 9.17) is 0 Å². The molecule has 1 aromatic heterocycles. The van der Waals surface area contributed by atoms with E-state index in [-0.39, 0.29) is 0 Å². The summed E-state index contributed by atoms with van der Waals surface area (Å²) < 4.78 is 0. The normalized spacial score (nSPS) is 10.5. The van der Waals surface area contributed by atoms with Crippen molar-refractivity contribution in [2.75, 3.05) is 11.1 Å². The molecule has 0 aliphatic carbocycles. The molecular weight excluding hydrogens is 292 g/mol. The standard InChI is InChI=1S/C14H16N2O2S2/c1-3-19-11-6-4-5-10(13(11)14(17)18)15-7-12-9(2)16-8-20-12/h4-6,8,15H,3,7H2,1-2H3,(H,17,18). The van der Waals surface area contributed by atoms with Crippen molar-refractivity contribution in [2.45, 2.75) is 25.3 Å². The van der Waals surface area contributed by atoms with Crippen LogP contribution in [0.5, 0.6) is 0 Å².